The molecule has 0 fully saturated rings. The van der Waals surface area contributed by atoms with E-state index in [1.54, 1.807) is 6.92 Å². The van der Waals surface area contributed by atoms with Crippen LogP contribution in [-0.4, -0.2) is 4.98 Å². The van der Waals surface area contributed by atoms with E-state index in [0.717, 1.165) is 33.8 Å². The van der Waals surface area contributed by atoms with Gasteiger partial charge in [-0.15, -0.1) is 0 Å². The first-order valence-electron chi connectivity index (χ1n) is 8.76. The maximum Gasteiger partial charge on any atom is 0.251 e. The second kappa shape index (κ2) is 6.10. The number of benzene rings is 2. The minimum Gasteiger partial charge on any atom is -0.322 e. The van der Waals surface area contributed by atoms with Gasteiger partial charge in [-0.05, 0) is 73.0 Å². The van der Waals surface area contributed by atoms with Crippen LogP contribution in [0, 0.1) is 18.3 Å². The highest BCUT2D eigenvalue weighted by atomic mass is 79.9. The Bertz CT molecular complexity index is 1130. The van der Waals surface area contributed by atoms with Gasteiger partial charge in [0.25, 0.3) is 5.56 Å². The molecule has 0 radical (unpaired) electrons. The van der Waals surface area contributed by atoms with Gasteiger partial charge in [0.05, 0.1) is 11.5 Å². The van der Waals surface area contributed by atoms with Gasteiger partial charge >= 0.3 is 0 Å². The molecule has 0 bridgehead atoms. The van der Waals surface area contributed by atoms with Gasteiger partial charge in [0, 0.05) is 21.5 Å². The number of nitriles is 1. The van der Waals surface area contributed by atoms with Gasteiger partial charge in [-0.2, -0.15) is 5.26 Å². The first-order valence-corrected chi connectivity index (χ1v) is 9.55. The van der Waals surface area contributed by atoms with Crippen LogP contribution in [0.2, 0.25) is 0 Å². The number of aromatic amines is 1. The number of hydrogen-bond acceptors (Lipinski definition) is 2. The van der Waals surface area contributed by atoms with Crippen molar-refractivity contribution in [2.24, 2.45) is 0 Å². The Morgan fingerprint density at radius 3 is 2.81 bits per heavy atom. The van der Waals surface area contributed by atoms with E-state index in [1.807, 2.05) is 31.2 Å². The zero-order valence-corrected chi connectivity index (χ0v) is 16.4. The van der Waals surface area contributed by atoms with Crippen LogP contribution >= 0.6 is 15.9 Å². The molecule has 0 aliphatic heterocycles. The summed E-state index contributed by atoms with van der Waals surface area (Å²) in [6.45, 7) is 3.82. The Labute approximate surface area is 160 Å². The predicted octanol–water partition coefficient (Wildman–Crippen LogP) is 5.11. The van der Waals surface area contributed by atoms with Crippen molar-refractivity contribution in [3.8, 4) is 6.07 Å². The van der Waals surface area contributed by atoms with Crippen LogP contribution in [0.3, 0.4) is 0 Å². The summed E-state index contributed by atoms with van der Waals surface area (Å²) >= 11 is 3.54. The monoisotopic (exact) mass is 406 g/mol. The first-order chi connectivity index (χ1) is 12.4. The molecule has 3 aromatic rings. The number of fused-ring (bicyclic) bond motifs is 2. The Balaban J connectivity index is 1.85. The van der Waals surface area contributed by atoms with E-state index < -0.39 is 5.41 Å². The van der Waals surface area contributed by atoms with E-state index in [-0.39, 0.29) is 11.5 Å². The molecule has 3 nitrogen and oxygen atoms in total. The zero-order chi connectivity index (χ0) is 18.5. The molecule has 1 heterocycles. The summed E-state index contributed by atoms with van der Waals surface area (Å²) in [6.07, 6.45) is 1.94. The van der Waals surface area contributed by atoms with Crippen molar-refractivity contribution < 1.29 is 0 Å². The predicted molar refractivity (Wildman–Crippen MR) is 107 cm³/mol. The summed E-state index contributed by atoms with van der Waals surface area (Å²) in [5.41, 5.74) is 4.29. The lowest BCUT2D eigenvalue weighted by atomic mass is 9.70. The summed E-state index contributed by atoms with van der Waals surface area (Å²) < 4.78 is 1.08. The maximum atomic E-state index is 12.0. The number of halogens is 1. The summed E-state index contributed by atoms with van der Waals surface area (Å²) in [7, 11) is 0. The Hall–Kier alpha value is -2.38. The molecule has 2 aromatic carbocycles. The topological polar surface area (TPSA) is 56.6 Å². The highest BCUT2D eigenvalue weighted by Crippen LogP contribution is 2.47. The van der Waals surface area contributed by atoms with Crippen molar-refractivity contribution in [2.75, 3.05) is 0 Å². The Morgan fingerprint density at radius 1 is 1.23 bits per heavy atom. The molecule has 0 unspecified atom stereocenters. The van der Waals surface area contributed by atoms with E-state index in [0.29, 0.717) is 5.56 Å². The van der Waals surface area contributed by atoms with Gasteiger partial charge in [0.1, 0.15) is 0 Å². The molecule has 0 saturated heterocycles. The molecule has 0 amide bonds. The van der Waals surface area contributed by atoms with Crippen molar-refractivity contribution in [1.29, 1.82) is 5.26 Å². The van der Waals surface area contributed by atoms with Crippen LogP contribution in [-0.2, 0) is 11.8 Å². The normalized spacial score (nSPS) is 18.3. The van der Waals surface area contributed by atoms with Gasteiger partial charge in [-0.1, -0.05) is 34.1 Å². The molecule has 26 heavy (non-hydrogen) atoms. The van der Waals surface area contributed by atoms with Gasteiger partial charge in [-0.3, -0.25) is 4.79 Å². The minimum absolute atomic E-state index is 0.0793. The minimum atomic E-state index is -0.644. The fourth-order valence-electron chi connectivity index (χ4n) is 4.16. The van der Waals surface area contributed by atoms with Crippen LogP contribution < -0.4 is 5.56 Å². The molecule has 1 aliphatic rings. The molecule has 1 N–H and O–H groups in total. The van der Waals surface area contributed by atoms with Crippen LogP contribution in [0.15, 0.2) is 51.7 Å². The van der Waals surface area contributed by atoms with E-state index >= 15 is 0 Å². The van der Waals surface area contributed by atoms with Crippen LogP contribution in [0.25, 0.3) is 10.9 Å². The number of nitrogens with zero attached hydrogens (tertiary/aromatic N) is 1. The molecule has 1 aliphatic carbocycles. The molecule has 2 atom stereocenters. The summed E-state index contributed by atoms with van der Waals surface area (Å²) in [6, 6.07) is 16.8. The number of hydrogen-bond donors (Lipinski definition) is 1. The number of H-pyrrole nitrogens is 1. The van der Waals surface area contributed by atoms with E-state index in [9.17, 15) is 10.1 Å². The standard InChI is InChI=1S/C22H19BrN2O/c1-13-9-15-3-5-16(11-20(15)25-21(13)26)22(2,12-24)19-8-4-14-10-17(23)6-7-18(14)19/h3,5-7,9-11,19H,4,8H2,1-2H3,(H,25,26)/t19-,22-/m0/s1. The molecule has 130 valence electrons. The molecule has 4 rings (SSSR count). The second-order valence-electron chi connectivity index (χ2n) is 7.33. The van der Waals surface area contributed by atoms with E-state index in [1.165, 1.54) is 11.1 Å². The summed E-state index contributed by atoms with van der Waals surface area (Å²) in [5, 5.41) is 11.1. The number of aryl methyl sites for hydroxylation is 2. The number of nitrogens with one attached hydrogen (secondary N) is 1. The average molecular weight is 407 g/mol. The lowest BCUT2D eigenvalue weighted by Crippen LogP contribution is -2.27. The lowest BCUT2D eigenvalue weighted by Gasteiger charge is -2.30. The van der Waals surface area contributed by atoms with Crippen molar-refractivity contribution in [3.63, 3.8) is 0 Å². The average Bonchev–Trinajstić information content (AvgIpc) is 3.05. The van der Waals surface area contributed by atoms with Gasteiger partial charge in [0.2, 0.25) is 0 Å². The number of pyridine rings is 1. The fourth-order valence-corrected chi connectivity index (χ4v) is 4.57. The summed E-state index contributed by atoms with van der Waals surface area (Å²) in [4.78, 5) is 14.9. The Morgan fingerprint density at radius 2 is 2.04 bits per heavy atom. The van der Waals surface area contributed by atoms with E-state index in [2.05, 4.69) is 45.2 Å². The number of aromatic nitrogens is 1. The van der Waals surface area contributed by atoms with Crippen molar-refractivity contribution in [2.45, 2.75) is 38.0 Å². The highest BCUT2D eigenvalue weighted by molar-refractivity contribution is 9.10. The fraction of sp³-hybridized carbons (Fsp3) is 0.273. The second-order valence-corrected chi connectivity index (χ2v) is 8.25. The largest absolute Gasteiger partial charge is 0.322 e. The SMILES string of the molecule is Cc1cc2ccc([C@](C)(C#N)[C@H]3CCc4cc(Br)ccc43)cc2[nH]c1=O. The van der Waals surface area contributed by atoms with Gasteiger partial charge in [0.15, 0.2) is 0 Å². The zero-order valence-electron chi connectivity index (χ0n) is 14.8. The van der Waals surface area contributed by atoms with Crippen LogP contribution in [0.1, 0.15) is 41.5 Å². The third-order valence-electron chi connectivity index (χ3n) is 5.74. The number of rotatable bonds is 2. The smallest absolute Gasteiger partial charge is 0.251 e. The maximum absolute atomic E-state index is 12.0. The van der Waals surface area contributed by atoms with Crippen LogP contribution in [0.4, 0.5) is 0 Å². The summed E-state index contributed by atoms with van der Waals surface area (Å²) in [5.74, 6) is 0.144. The highest BCUT2D eigenvalue weighted by Gasteiger charge is 2.41. The molecular formula is C22H19BrN2O. The first kappa shape index (κ1) is 17.1. The van der Waals surface area contributed by atoms with Crippen molar-refractivity contribution in [3.05, 3.63) is 79.5 Å². The molecule has 1 aromatic heterocycles. The quantitative estimate of drug-likeness (QED) is 0.642. The van der Waals surface area contributed by atoms with E-state index in [4.69, 9.17) is 0 Å². The molecular weight excluding hydrogens is 388 g/mol. The van der Waals surface area contributed by atoms with Crippen molar-refractivity contribution in [1.82, 2.24) is 4.98 Å². The Kier molecular flexibility index (Phi) is 4.00. The third-order valence-corrected chi connectivity index (χ3v) is 6.24. The third kappa shape index (κ3) is 2.59. The van der Waals surface area contributed by atoms with Crippen LogP contribution in [0.5, 0.6) is 0 Å². The van der Waals surface area contributed by atoms with Crippen molar-refractivity contribution >= 4 is 26.8 Å². The molecule has 0 spiro atoms. The molecule has 0 saturated carbocycles. The molecule has 4 heteroatoms. The lowest BCUT2D eigenvalue weighted by molar-refractivity contribution is 0.470. The van der Waals surface area contributed by atoms with Gasteiger partial charge < -0.3 is 4.98 Å². The van der Waals surface area contributed by atoms with Gasteiger partial charge in [-0.25, -0.2) is 0 Å².